The summed E-state index contributed by atoms with van der Waals surface area (Å²) < 4.78 is 5.01. The van der Waals surface area contributed by atoms with Gasteiger partial charge in [-0.25, -0.2) is 0 Å². The molecule has 1 aromatic carbocycles. The minimum Gasteiger partial charge on any atom is -0.507 e. The van der Waals surface area contributed by atoms with Gasteiger partial charge in [0.05, 0.1) is 18.3 Å². The molecule has 0 aliphatic rings. The molecule has 19 heavy (non-hydrogen) atoms. The molecule has 5 heteroatoms. The first-order chi connectivity index (χ1) is 8.95. The fourth-order valence-corrected chi connectivity index (χ4v) is 1.66. The van der Waals surface area contributed by atoms with Crippen molar-refractivity contribution in [1.82, 2.24) is 5.32 Å². The molecule has 0 fully saturated rings. The van der Waals surface area contributed by atoms with Gasteiger partial charge in [-0.05, 0) is 31.0 Å². The Bertz CT molecular complexity index is 441. The number of carbonyl (C=O) groups excluding carboxylic acids is 1. The van der Waals surface area contributed by atoms with E-state index < -0.39 is 11.5 Å². The number of aliphatic hydroxyl groups is 1. The van der Waals surface area contributed by atoms with Crippen LogP contribution in [0.1, 0.15) is 37.0 Å². The van der Waals surface area contributed by atoms with Crippen molar-refractivity contribution in [2.24, 2.45) is 0 Å². The van der Waals surface area contributed by atoms with Crippen molar-refractivity contribution in [1.29, 1.82) is 0 Å². The first-order valence-electron chi connectivity index (χ1n) is 6.33. The highest BCUT2D eigenvalue weighted by Gasteiger charge is 2.23. The summed E-state index contributed by atoms with van der Waals surface area (Å²) in [7, 11) is 1.49. The Hall–Kier alpha value is -1.75. The van der Waals surface area contributed by atoms with Gasteiger partial charge in [0.25, 0.3) is 5.91 Å². The molecule has 0 saturated carbocycles. The molecule has 1 amide bonds. The van der Waals surface area contributed by atoms with Crippen LogP contribution in [0.5, 0.6) is 11.5 Å². The van der Waals surface area contributed by atoms with E-state index in [9.17, 15) is 15.0 Å². The number of aromatic hydroxyl groups is 1. The van der Waals surface area contributed by atoms with E-state index in [1.807, 2.05) is 13.8 Å². The molecule has 0 unspecified atom stereocenters. The number of carbonyl (C=O) groups is 1. The van der Waals surface area contributed by atoms with Crippen molar-refractivity contribution >= 4 is 5.91 Å². The fourth-order valence-electron chi connectivity index (χ4n) is 1.66. The SMILES string of the molecule is CCC(O)(CC)CNC(=O)c1cc(OC)ccc1O. The highest BCUT2D eigenvalue weighted by molar-refractivity contribution is 5.97. The van der Waals surface area contributed by atoms with Crippen LogP contribution in [0, 0.1) is 0 Å². The van der Waals surface area contributed by atoms with Gasteiger partial charge < -0.3 is 20.3 Å². The Labute approximate surface area is 113 Å². The van der Waals surface area contributed by atoms with E-state index in [4.69, 9.17) is 4.74 Å². The number of amides is 1. The summed E-state index contributed by atoms with van der Waals surface area (Å²) in [5, 5.41) is 22.4. The third kappa shape index (κ3) is 3.86. The van der Waals surface area contributed by atoms with Gasteiger partial charge in [-0.1, -0.05) is 13.8 Å². The molecule has 0 aliphatic carbocycles. The summed E-state index contributed by atoms with van der Waals surface area (Å²) in [6, 6.07) is 4.43. The van der Waals surface area contributed by atoms with Gasteiger partial charge in [-0.15, -0.1) is 0 Å². The number of hydrogen-bond acceptors (Lipinski definition) is 4. The first kappa shape index (κ1) is 15.3. The van der Waals surface area contributed by atoms with Crippen LogP contribution in [0.2, 0.25) is 0 Å². The molecule has 0 heterocycles. The zero-order valence-electron chi connectivity index (χ0n) is 11.6. The van der Waals surface area contributed by atoms with Gasteiger partial charge in [0.1, 0.15) is 11.5 Å². The highest BCUT2D eigenvalue weighted by Crippen LogP contribution is 2.23. The van der Waals surface area contributed by atoms with Gasteiger partial charge >= 0.3 is 0 Å². The molecule has 1 aromatic rings. The summed E-state index contributed by atoms with van der Waals surface area (Å²) in [5.41, 5.74) is -0.779. The summed E-state index contributed by atoms with van der Waals surface area (Å²) in [4.78, 5) is 12.0. The van der Waals surface area contributed by atoms with Gasteiger partial charge in [0, 0.05) is 6.54 Å². The molecule has 0 saturated heterocycles. The lowest BCUT2D eigenvalue weighted by atomic mass is 9.97. The van der Waals surface area contributed by atoms with Crippen molar-refractivity contribution < 1.29 is 19.7 Å². The van der Waals surface area contributed by atoms with Crippen LogP contribution in [-0.4, -0.2) is 35.4 Å². The summed E-state index contributed by atoms with van der Waals surface area (Å²) in [6.45, 7) is 3.87. The Morgan fingerprint density at radius 1 is 1.37 bits per heavy atom. The van der Waals surface area contributed by atoms with Gasteiger partial charge in [-0.3, -0.25) is 4.79 Å². The van der Waals surface area contributed by atoms with E-state index in [0.717, 1.165) is 0 Å². The number of phenols is 1. The quantitative estimate of drug-likeness (QED) is 0.732. The van der Waals surface area contributed by atoms with Crippen molar-refractivity contribution in [3.8, 4) is 11.5 Å². The number of rotatable bonds is 6. The molecule has 1 rings (SSSR count). The number of phenolic OH excluding ortho intramolecular Hbond substituents is 1. The van der Waals surface area contributed by atoms with Crippen LogP contribution in [0.15, 0.2) is 18.2 Å². The maximum atomic E-state index is 12.0. The molecule has 3 N–H and O–H groups in total. The Morgan fingerprint density at radius 3 is 2.53 bits per heavy atom. The zero-order chi connectivity index (χ0) is 14.5. The van der Waals surface area contributed by atoms with E-state index in [2.05, 4.69) is 5.32 Å². The van der Waals surface area contributed by atoms with Crippen molar-refractivity contribution in [3.05, 3.63) is 23.8 Å². The molecule has 0 aromatic heterocycles. The Morgan fingerprint density at radius 2 is 2.00 bits per heavy atom. The maximum absolute atomic E-state index is 12.0. The number of benzene rings is 1. The van der Waals surface area contributed by atoms with Crippen LogP contribution in [0.25, 0.3) is 0 Å². The smallest absolute Gasteiger partial charge is 0.255 e. The number of methoxy groups -OCH3 is 1. The second-order valence-corrected chi connectivity index (χ2v) is 4.50. The van der Waals surface area contributed by atoms with Crippen molar-refractivity contribution in [3.63, 3.8) is 0 Å². The van der Waals surface area contributed by atoms with E-state index in [-0.39, 0.29) is 17.9 Å². The van der Waals surface area contributed by atoms with Gasteiger partial charge in [0.2, 0.25) is 0 Å². The summed E-state index contributed by atoms with van der Waals surface area (Å²) in [6.07, 6.45) is 1.10. The highest BCUT2D eigenvalue weighted by atomic mass is 16.5. The second-order valence-electron chi connectivity index (χ2n) is 4.50. The van der Waals surface area contributed by atoms with Crippen LogP contribution in [0.4, 0.5) is 0 Å². The third-order valence-corrected chi connectivity index (χ3v) is 3.34. The molecule has 0 aliphatic heterocycles. The predicted molar refractivity (Wildman–Crippen MR) is 72.5 cm³/mol. The van der Waals surface area contributed by atoms with Crippen molar-refractivity contribution in [2.75, 3.05) is 13.7 Å². The minimum absolute atomic E-state index is 0.116. The first-order valence-corrected chi connectivity index (χ1v) is 6.33. The zero-order valence-corrected chi connectivity index (χ0v) is 11.6. The molecular formula is C14H21NO4. The minimum atomic E-state index is -0.913. The summed E-state index contributed by atoms with van der Waals surface area (Å²) in [5.74, 6) is -0.0595. The van der Waals surface area contributed by atoms with E-state index in [0.29, 0.717) is 18.6 Å². The van der Waals surface area contributed by atoms with Crippen LogP contribution < -0.4 is 10.1 Å². The molecule has 0 spiro atoms. The predicted octanol–water partition coefficient (Wildman–Crippen LogP) is 1.68. The van der Waals surface area contributed by atoms with Crippen LogP contribution in [-0.2, 0) is 0 Å². The molecule has 5 nitrogen and oxygen atoms in total. The Kier molecular flexibility index (Phi) is 5.18. The standard InChI is InChI=1S/C14H21NO4/c1-4-14(18,5-2)9-15-13(17)11-8-10(19-3)6-7-12(11)16/h6-8,16,18H,4-5,9H2,1-3H3,(H,15,17). The van der Waals surface area contributed by atoms with Crippen molar-refractivity contribution in [2.45, 2.75) is 32.3 Å². The lowest BCUT2D eigenvalue weighted by molar-refractivity contribution is 0.0313. The lowest BCUT2D eigenvalue weighted by Gasteiger charge is -2.25. The summed E-state index contributed by atoms with van der Waals surface area (Å²) >= 11 is 0. The topological polar surface area (TPSA) is 78.8 Å². The average molecular weight is 267 g/mol. The number of ether oxygens (including phenoxy) is 1. The van der Waals surface area contributed by atoms with Gasteiger partial charge in [-0.2, -0.15) is 0 Å². The molecule has 0 bridgehead atoms. The largest absolute Gasteiger partial charge is 0.507 e. The fraction of sp³-hybridized carbons (Fsp3) is 0.500. The molecule has 106 valence electrons. The number of hydrogen-bond donors (Lipinski definition) is 3. The van der Waals surface area contributed by atoms with Crippen LogP contribution >= 0.6 is 0 Å². The monoisotopic (exact) mass is 267 g/mol. The molecular weight excluding hydrogens is 246 g/mol. The second kappa shape index (κ2) is 6.43. The lowest BCUT2D eigenvalue weighted by Crippen LogP contribution is -2.42. The maximum Gasteiger partial charge on any atom is 0.255 e. The van der Waals surface area contributed by atoms with E-state index in [1.165, 1.54) is 19.2 Å². The third-order valence-electron chi connectivity index (χ3n) is 3.34. The Balaban J connectivity index is 2.78. The van der Waals surface area contributed by atoms with Gasteiger partial charge in [0.15, 0.2) is 0 Å². The molecule has 0 atom stereocenters. The average Bonchev–Trinajstić information content (AvgIpc) is 2.45. The van der Waals surface area contributed by atoms with Crippen LogP contribution in [0.3, 0.4) is 0 Å². The van der Waals surface area contributed by atoms with E-state index in [1.54, 1.807) is 6.07 Å². The normalized spacial score (nSPS) is 11.2. The number of nitrogens with one attached hydrogen (secondary N) is 1. The van der Waals surface area contributed by atoms with E-state index >= 15 is 0 Å². The molecule has 0 radical (unpaired) electrons.